The van der Waals surface area contributed by atoms with Crippen LogP contribution in [0, 0.1) is 0 Å². The van der Waals surface area contributed by atoms with Gasteiger partial charge in [0.05, 0.1) is 24.8 Å². The number of urea groups is 1. The lowest BCUT2D eigenvalue weighted by molar-refractivity contribution is -0.131. The number of benzene rings is 1. The molecule has 0 spiro atoms. The van der Waals surface area contributed by atoms with Crippen molar-refractivity contribution in [2.45, 2.75) is 13.0 Å². The van der Waals surface area contributed by atoms with Gasteiger partial charge < -0.3 is 20.3 Å². The molecular formula is C16H19N3O3. The van der Waals surface area contributed by atoms with Gasteiger partial charge in [0.2, 0.25) is 0 Å². The predicted molar refractivity (Wildman–Crippen MR) is 80.9 cm³/mol. The average Bonchev–Trinajstić information content (AvgIpc) is 2.55. The summed E-state index contributed by atoms with van der Waals surface area (Å²) in [6.07, 6.45) is 0. The molecule has 3 amide bonds. The van der Waals surface area contributed by atoms with Crippen molar-refractivity contribution >= 4 is 11.9 Å². The van der Waals surface area contributed by atoms with E-state index in [4.69, 9.17) is 4.74 Å². The highest BCUT2D eigenvalue weighted by Crippen LogP contribution is 2.28. The summed E-state index contributed by atoms with van der Waals surface area (Å²) in [5.74, 6) is -0.0536. The van der Waals surface area contributed by atoms with Crippen molar-refractivity contribution in [1.29, 1.82) is 0 Å². The third kappa shape index (κ3) is 2.82. The van der Waals surface area contributed by atoms with Gasteiger partial charge in [-0.2, -0.15) is 0 Å². The first-order valence-electron chi connectivity index (χ1n) is 7.37. The van der Waals surface area contributed by atoms with Crippen LogP contribution in [0.5, 0.6) is 0 Å². The van der Waals surface area contributed by atoms with Crippen LogP contribution in [0.25, 0.3) is 0 Å². The van der Waals surface area contributed by atoms with Gasteiger partial charge >= 0.3 is 6.03 Å². The maximum absolute atomic E-state index is 12.9. The van der Waals surface area contributed by atoms with Gasteiger partial charge in [0.15, 0.2) is 0 Å². The Labute approximate surface area is 129 Å². The standard InChI is InChI=1S/C16H19N3O3/c1-11-13(15(20)19-7-9-22-10-8-19)14(18-16(21)17-11)12-5-3-2-4-6-12/h2-6,14H,7-10H2,1H3,(H2,17,18,21)/t14-/m0/s1. The van der Waals surface area contributed by atoms with E-state index in [1.165, 1.54) is 0 Å². The summed E-state index contributed by atoms with van der Waals surface area (Å²) in [6.45, 7) is 4.01. The van der Waals surface area contributed by atoms with E-state index in [1.807, 2.05) is 30.3 Å². The van der Waals surface area contributed by atoms with E-state index in [0.717, 1.165) is 5.56 Å². The molecule has 1 aromatic rings. The number of carbonyl (C=O) groups excluding carboxylic acids is 2. The molecule has 116 valence electrons. The number of amides is 3. The van der Waals surface area contributed by atoms with Crippen LogP contribution >= 0.6 is 0 Å². The Kier molecular flexibility index (Phi) is 4.11. The Morgan fingerprint density at radius 1 is 1.23 bits per heavy atom. The summed E-state index contributed by atoms with van der Waals surface area (Å²) < 4.78 is 5.30. The number of nitrogens with one attached hydrogen (secondary N) is 2. The highest BCUT2D eigenvalue weighted by molar-refractivity contribution is 5.98. The van der Waals surface area contributed by atoms with Gasteiger partial charge in [-0.25, -0.2) is 4.79 Å². The van der Waals surface area contributed by atoms with Crippen LogP contribution in [0.15, 0.2) is 41.6 Å². The number of morpholine rings is 1. The Hall–Kier alpha value is -2.34. The minimum atomic E-state index is -0.426. The van der Waals surface area contributed by atoms with Crippen molar-refractivity contribution in [1.82, 2.24) is 15.5 Å². The van der Waals surface area contributed by atoms with Gasteiger partial charge in [-0.3, -0.25) is 4.79 Å². The van der Waals surface area contributed by atoms with Gasteiger partial charge in [0.25, 0.3) is 5.91 Å². The molecule has 3 rings (SSSR count). The topological polar surface area (TPSA) is 70.7 Å². The van der Waals surface area contributed by atoms with Gasteiger partial charge in [0.1, 0.15) is 0 Å². The third-order valence-corrected chi connectivity index (χ3v) is 3.93. The first-order valence-corrected chi connectivity index (χ1v) is 7.37. The van der Waals surface area contributed by atoms with E-state index in [9.17, 15) is 9.59 Å². The van der Waals surface area contributed by atoms with Crippen molar-refractivity contribution < 1.29 is 14.3 Å². The molecule has 2 aliphatic heterocycles. The molecule has 1 fully saturated rings. The quantitative estimate of drug-likeness (QED) is 0.861. The second-order valence-corrected chi connectivity index (χ2v) is 5.39. The number of carbonyl (C=O) groups is 2. The van der Waals surface area contributed by atoms with Crippen molar-refractivity contribution in [2.24, 2.45) is 0 Å². The average molecular weight is 301 g/mol. The smallest absolute Gasteiger partial charge is 0.319 e. The van der Waals surface area contributed by atoms with E-state index in [2.05, 4.69) is 10.6 Å². The highest BCUT2D eigenvalue weighted by atomic mass is 16.5. The van der Waals surface area contributed by atoms with Crippen LogP contribution in [0.4, 0.5) is 4.79 Å². The van der Waals surface area contributed by atoms with Crippen molar-refractivity contribution in [2.75, 3.05) is 26.3 Å². The lowest BCUT2D eigenvalue weighted by Crippen LogP contribution is -2.49. The second-order valence-electron chi connectivity index (χ2n) is 5.39. The van der Waals surface area contributed by atoms with Crippen LogP contribution in [-0.4, -0.2) is 43.1 Å². The lowest BCUT2D eigenvalue weighted by atomic mass is 9.94. The van der Waals surface area contributed by atoms with Crippen LogP contribution in [-0.2, 0) is 9.53 Å². The molecule has 1 atom stereocenters. The fourth-order valence-electron chi connectivity index (χ4n) is 2.81. The van der Waals surface area contributed by atoms with Crippen LogP contribution < -0.4 is 10.6 Å². The summed E-state index contributed by atoms with van der Waals surface area (Å²) in [5.41, 5.74) is 2.09. The normalized spacial score (nSPS) is 22.1. The molecule has 6 heteroatoms. The number of nitrogens with zero attached hydrogens (tertiary/aromatic N) is 1. The minimum absolute atomic E-state index is 0.0536. The largest absolute Gasteiger partial charge is 0.378 e. The van der Waals surface area contributed by atoms with Crippen molar-refractivity contribution in [3.8, 4) is 0 Å². The number of rotatable bonds is 2. The molecular weight excluding hydrogens is 282 g/mol. The van der Waals surface area contributed by atoms with E-state index in [1.54, 1.807) is 11.8 Å². The molecule has 0 aromatic heterocycles. The highest BCUT2D eigenvalue weighted by Gasteiger charge is 2.33. The lowest BCUT2D eigenvalue weighted by Gasteiger charge is -2.33. The van der Waals surface area contributed by atoms with Gasteiger partial charge in [-0.1, -0.05) is 30.3 Å². The first kappa shape index (κ1) is 14.6. The molecule has 0 saturated carbocycles. The van der Waals surface area contributed by atoms with Gasteiger partial charge in [0, 0.05) is 18.8 Å². The van der Waals surface area contributed by atoms with Crippen molar-refractivity contribution in [3.63, 3.8) is 0 Å². The SMILES string of the molecule is CC1=C(C(=O)N2CCOCC2)[C@H](c2ccccc2)NC(=O)N1. The predicted octanol–water partition coefficient (Wildman–Crippen LogP) is 1.17. The Morgan fingerprint density at radius 3 is 2.59 bits per heavy atom. The molecule has 22 heavy (non-hydrogen) atoms. The Balaban J connectivity index is 1.94. The fourth-order valence-corrected chi connectivity index (χ4v) is 2.81. The van der Waals surface area contributed by atoms with Crippen LogP contribution in [0.2, 0.25) is 0 Å². The zero-order chi connectivity index (χ0) is 15.5. The number of allylic oxidation sites excluding steroid dienone is 1. The van der Waals surface area contributed by atoms with Gasteiger partial charge in [-0.05, 0) is 12.5 Å². The molecule has 0 bridgehead atoms. The maximum atomic E-state index is 12.9. The summed E-state index contributed by atoms with van der Waals surface area (Å²) in [5, 5.41) is 5.55. The first-order chi connectivity index (χ1) is 10.7. The van der Waals surface area contributed by atoms with E-state index < -0.39 is 6.04 Å². The van der Waals surface area contributed by atoms with E-state index in [-0.39, 0.29) is 11.9 Å². The monoisotopic (exact) mass is 301 g/mol. The molecule has 0 aliphatic carbocycles. The number of ether oxygens (including phenoxy) is 1. The van der Waals surface area contributed by atoms with Crippen LogP contribution in [0.3, 0.4) is 0 Å². The fraction of sp³-hybridized carbons (Fsp3) is 0.375. The summed E-state index contributed by atoms with van der Waals surface area (Å²) in [4.78, 5) is 26.5. The molecule has 0 unspecified atom stereocenters. The molecule has 2 aliphatic rings. The minimum Gasteiger partial charge on any atom is -0.378 e. The molecule has 2 heterocycles. The zero-order valence-electron chi connectivity index (χ0n) is 12.5. The Morgan fingerprint density at radius 2 is 1.91 bits per heavy atom. The second kappa shape index (κ2) is 6.19. The van der Waals surface area contributed by atoms with Crippen LogP contribution in [0.1, 0.15) is 18.5 Å². The van der Waals surface area contributed by atoms with Gasteiger partial charge in [-0.15, -0.1) is 0 Å². The molecule has 2 N–H and O–H groups in total. The molecule has 0 radical (unpaired) electrons. The Bertz CT molecular complexity index is 606. The van der Waals surface area contributed by atoms with Crippen molar-refractivity contribution in [3.05, 3.63) is 47.2 Å². The number of hydrogen-bond acceptors (Lipinski definition) is 3. The van der Waals surface area contributed by atoms with E-state index in [0.29, 0.717) is 37.6 Å². The summed E-state index contributed by atoms with van der Waals surface area (Å²) >= 11 is 0. The maximum Gasteiger partial charge on any atom is 0.319 e. The number of hydrogen-bond donors (Lipinski definition) is 2. The molecule has 6 nitrogen and oxygen atoms in total. The summed E-state index contributed by atoms with van der Waals surface area (Å²) in [7, 11) is 0. The molecule has 1 saturated heterocycles. The molecule has 1 aromatic carbocycles. The zero-order valence-corrected chi connectivity index (χ0v) is 12.5. The third-order valence-electron chi connectivity index (χ3n) is 3.93. The van der Waals surface area contributed by atoms with E-state index >= 15 is 0 Å². The summed E-state index contributed by atoms with van der Waals surface area (Å²) in [6, 6.07) is 8.82.